The van der Waals surface area contributed by atoms with Gasteiger partial charge >= 0.3 is 0 Å². The second-order valence-corrected chi connectivity index (χ2v) is 8.52. The van der Waals surface area contributed by atoms with Crippen LogP contribution in [-0.2, 0) is 10.0 Å². The van der Waals surface area contributed by atoms with Gasteiger partial charge in [0.2, 0.25) is 5.82 Å². The lowest BCUT2D eigenvalue weighted by Crippen LogP contribution is -2.11. The van der Waals surface area contributed by atoms with Crippen molar-refractivity contribution in [1.29, 1.82) is 0 Å². The van der Waals surface area contributed by atoms with Crippen LogP contribution in [-0.4, -0.2) is 18.6 Å². The van der Waals surface area contributed by atoms with Crippen LogP contribution in [0.5, 0.6) is 0 Å². The van der Waals surface area contributed by atoms with Gasteiger partial charge in [-0.1, -0.05) is 23.4 Å². The Morgan fingerprint density at radius 1 is 0.964 bits per heavy atom. The molecule has 142 valence electrons. The highest BCUT2D eigenvalue weighted by atomic mass is 32.2. The van der Waals surface area contributed by atoms with E-state index in [1.54, 1.807) is 11.4 Å². The van der Waals surface area contributed by atoms with Crippen LogP contribution in [0.3, 0.4) is 0 Å². The molecule has 6 nitrogen and oxygen atoms in total. The number of anilines is 1. The standard InChI is InChI=1S/C18H11F2N3O3S2/c19-13-4-1-3-11(7-13)17-21-18(26-22-17)12-8-16(27-10-12)28(24,25)23-15-6-2-5-14(20)9-15/h1-10,23H. The van der Waals surface area contributed by atoms with Crippen LogP contribution in [0.2, 0.25) is 0 Å². The van der Waals surface area contributed by atoms with Crippen LogP contribution < -0.4 is 4.72 Å². The molecule has 0 bridgehead atoms. The fraction of sp³-hybridized carbons (Fsp3) is 0. The lowest BCUT2D eigenvalue weighted by atomic mass is 10.2. The summed E-state index contributed by atoms with van der Waals surface area (Å²) in [5, 5.41) is 5.34. The van der Waals surface area contributed by atoms with Crippen LogP contribution in [0.4, 0.5) is 14.5 Å². The maximum Gasteiger partial charge on any atom is 0.271 e. The van der Waals surface area contributed by atoms with Gasteiger partial charge in [0.15, 0.2) is 0 Å². The van der Waals surface area contributed by atoms with Crippen molar-refractivity contribution in [1.82, 2.24) is 10.1 Å². The van der Waals surface area contributed by atoms with E-state index in [2.05, 4.69) is 14.9 Å². The molecule has 10 heteroatoms. The zero-order valence-corrected chi connectivity index (χ0v) is 15.6. The van der Waals surface area contributed by atoms with Crippen molar-refractivity contribution in [2.24, 2.45) is 0 Å². The summed E-state index contributed by atoms with van der Waals surface area (Å²) in [6, 6.07) is 12.2. The van der Waals surface area contributed by atoms with E-state index in [0.717, 1.165) is 17.4 Å². The molecule has 2 aromatic carbocycles. The van der Waals surface area contributed by atoms with Crippen LogP contribution in [0.1, 0.15) is 0 Å². The number of rotatable bonds is 5. The lowest BCUT2D eigenvalue weighted by Gasteiger charge is -2.05. The summed E-state index contributed by atoms with van der Waals surface area (Å²) in [6.07, 6.45) is 0. The van der Waals surface area contributed by atoms with E-state index in [4.69, 9.17) is 4.52 Å². The quantitative estimate of drug-likeness (QED) is 0.513. The molecule has 0 atom stereocenters. The highest BCUT2D eigenvalue weighted by Crippen LogP contribution is 2.30. The molecule has 0 saturated heterocycles. The van der Waals surface area contributed by atoms with Crippen molar-refractivity contribution in [2.45, 2.75) is 4.21 Å². The molecule has 0 saturated carbocycles. The number of sulfonamides is 1. The van der Waals surface area contributed by atoms with Gasteiger partial charge < -0.3 is 4.52 Å². The third-order valence-electron chi connectivity index (χ3n) is 3.67. The smallest absolute Gasteiger partial charge is 0.271 e. The first-order valence-electron chi connectivity index (χ1n) is 7.88. The molecule has 0 aliphatic carbocycles. The maximum atomic E-state index is 13.3. The third kappa shape index (κ3) is 3.78. The normalized spacial score (nSPS) is 11.5. The molecule has 28 heavy (non-hydrogen) atoms. The molecule has 0 aliphatic rings. The molecule has 0 fully saturated rings. The maximum absolute atomic E-state index is 13.3. The molecular formula is C18H11F2N3O3S2. The van der Waals surface area contributed by atoms with Gasteiger partial charge in [-0.05, 0) is 36.4 Å². The number of nitrogens with one attached hydrogen (secondary N) is 1. The first kappa shape index (κ1) is 18.3. The van der Waals surface area contributed by atoms with E-state index < -0.39 is 21.7 Å². The molecule has 0 aliphatic heterocycles. The minimum atomic E-state index is -3.91. The summed E-state index contributed by atoms with van der Waals surface area (Å²) in [4.78, 5) is 4.18. The second kappa shape index (κ2) is 7.13. The first-order chi connectivity index (χ1) is 13.4. The zero-order chi connectivity index (χ0) is 19.7. The number of hydrogen-bond donors (Lipinski definition) is 1. The summed E-state index contributed by atoms with van der Waals surface area (Å²) < 4.78 is 59.0. The molecule has 0 spiro atoms. The van der Waals surface area contributed by atoms with Crippen molar-refractivity contribution < 1.29 is 21.7 Å². The van der Waals surface area contributed by atoms with E-state index in [0.29, 0.717) is 11.1 Å². The van der Waals surface area contributed by atoms with Crippen LogP contribution >= 0.6 is 11.3 Å². The average molecular weight is 419 g/mol. The summed E-state index contributed by atoms with van der Waals surface area (Å²) in [6.45, 7) is 0. The zero-order valence-electron chi connectivity index (χ0n) is 14.0. The molecule has 1 N–H and O–H groups in total. The van der Waals surface area contributed by atoms with E-state index in [9.17, 15) is 17.2 Å². The average Bonchev–Trinajstić information content (AvgIpc) is 3.31. The Kier molecular flexibility index (Phi) is 4.65. The predicted octanol–water partition coefficient (Wildman–Crippen LogP) is 4.54. The molecular weight excluding hydrogens is 408 g/mol. The SMILES string of the molecule is O=S(=O)(Nc1cccc(F)c1)c1cc(-c2nc(-c3cccc(F)c3)no2)cs1. The van der Waals surface area contributed by atoms with Gasteiger partial charge in [0.25, 0.3) is 15.9 Å². The van der Waals surface area contributed by atoms with Crippen molar-refractivity contribution in [3.63, 3.8) is 0 Å². The largest absolute Gasteiger partial charge is 0.334 e. The number of thiophene rings is 1. The Hall–Kier alpha value is -3.11. The van der Waals surface area contributed by atoms with Gasteiger partial charge in [-0.3, -0.25) is 4.72 Å². The van der Waals surface area contributed by atoms with Gasteiger partial charge in [-0.25, -0.2) is 17.2 Å². The van der Waals surface area contributed by atoms with Crippen LogP contribution in [0.25, 0.3) is 22.8 Å². The predicted molar refractivity (Wildman–Crippen MR) is 100 cm³/mol. The lowest BCUT2D eigenvalue weighted by molar-refractivity contribution is 0.432. The van der Waals surface area contributed by atoms with E-state index in [-0.39, 0.29) is 21.6 Å². The fourth-order valence-corrected chi connectivity index (χ4v) is 4.62. The molecule has 0 amide bonds. The van der Waals surface area contributed by atoms with Gasteiger partial charge in [0.05, 0.1) is 11.3 Å². The van der Waals surface area contributed by atoms with Crippen molar-refractivity contribution in [2.75, 3.05) is 4.72 Å². The topological polar surface area (TPSA) is 85.1 Å². The van der Waals surface area contributed by atoms with Gasteiger partial charge in [-0.2, -0.15) is 4.98 Å². The Morgan fingerprint density at radius 3 is 2.46 bits per heavy atom. The summed E-state index contributed by atoms with van der Waals surface area (Å²) in [7, 11) is -3.91. The highest BCUT2D eigenvalue weighted by molar-refractivity contribution is 7.94. The molecule has 2 aromatic heterocycles. The minimum absolute atomic E-state index is 0.00253. The fourth-order valence-electron chi connectivity index (χ4n) is 2.41. The first-order valence-corrected chi connectivity index (χ1v) is 10.2. The number of benzene rings is 2. The van der Waals surface area contributed by atoms with Crippen molar-refractivity contribution in [3.05, 3.63) is 71.6 Å². The second-order valence-electron chi connectivity index (χ2n) is 5.70. The third-order valence-corrected chi connectivity index (χ3v) is 6.49. The Labute approximate surface area is 162 Å². The summed E-state index contributed by atoms with van der Waals surface area (Å²) in [5.41, 5.74) is 0.951. The molecule has 0 radical (unpaired) electrons. The van der Waals surface area contributed by atoms with Gasteiger partial charge in [0.1, 0.15) is 15.8 Å². The summed E-state index contributed by atoms with van der Waals surface area (Å²) in [5.74, 6) is -0.704. The van der Waals surface area contributed by atoms with E-state index in [1.165, 1.54) is 42.5 Å². The number of halogens is 2. The van der Waals surface area contributed by atoms with Crippen molar-refractivity contribution in [3.8, 4) is 22.8 Å². The molecule has 2 heterocycles. The Balaban J connectivity index is 1.59. The highest BCUT2D eigenvalue weighted by Gasteiger charge is 2.20. The van der Waals surface area contributed by atoms with Gasteiger partial charge in [-0.15, -0.1) is 11.3 Å². The van der Waals surface area contributed by atoms with Crippen LogP contribution in [0, 0.1) is 11.6 Å². The number of hydrogen-bond acceptors (Lipinski definition) is 6. The molecule has 4 rings (SSSR count). The van der Waals surface area contributed by atoms with Gasteiger partial charge in [0, 0.05) is 10.9 Å². The number of aromatic nitrogens is 2. The van der Waals surface area contributed by atoms with Crippen LogP contribution in [0.15, 0.2) is 68.7 Å². The number of nitrogens with zero attached hydrogens (tertiary/aromatic N) is 2. The minimum Gasteiger partial charge on any atom is -0.334 e. The molecule has 4 aromatic rings. The van der Waals surface area contributed by atoms with Crippen molar-refractivity contribution >= 4 is 27.0 Å². The van der Waals surface area contributed by atoms with E-state index >= 15 is 0 Å². The monoisotopic (exact) mass is 419 g/mol. The summed E-state index contributed by atoms with van der Waals surface area (Å²) >= 11 is 0.950. The Morgan fingerprint density at radius 2 is 1.71 bits per heavy atom. The van der Waals surface area contributed by atoms with E-state index in [1.807, 2.05) is 0 Å². The Bertz CT molecular complexity index is 1250. The molecule has 0 unspecified atom stereocenters.